The fraction of sp³-hybridized carbons (Fsp3) is 0.938. The lowest BCUT2D eigenvalue weighted by Gasteiger charge is -2.33. The molecule has 2 aliphatic heterocycles. The third-order valence-corrected chi connectivity index (χ3v) is 4.91. The number of piperidine rings is 1. The zero-order valence-electron chi connectivity index (χ0n) is 12.9. The number of rotatable bonds is 5. The molecule has 1 unspecified atom stereocenters. The van der Waals surface area contributed by atoms with Gasteiger partial charge in [0.15, 0.2) is 0 Å². The van der Waals surface area contributed by atoms with Crippen molar-refractivity contribution in [2.24, 2.45) is 17.8 Å². The van der Waals surface area contributed by atoms with Crippen molar-refractivity contribution in [1.29, 1.82) is 0 Å². The number of nitrogens with zero attached hydrogens (tertiary/aromatic N) is 2. The van der Waals surface area contributed by atoms with Crippen LogP contribution in [0.4, 0.5) is 0 Å². The summed E-state index contributed by atoms with van der Waals surface area (Å²) in [5, 5.41) is 0. The normalized spacial score (nSPS) is 27.3. The number of hydrogen-bond donors (Lipinski definition) is 0. The summed E-state index contributed by atoms with van der Waals surface area (Å²) in [6, 6.07) is 0. The van der Waals surface area contributed by atoms with Crippen LogP contribution < -0.4 is 0 Å². The molecule has 0 aromatic heterocycles. The molecule has 2 saturated heterocycles. The zero-order valence-corrected chi connectivity index (χ0v) is 12.9. The van der Waals surface area contributed by atoms with E-state index < -0.39 is 0 Å². The van der Waals surface area contributed by atoms with Crippen LogP contribution in [0.25, 0.3) is 0 Å². The smallest absolute Gasteiger partial charge is 0.139 e. The zero-order chi connectivity index (χ0) is 13.8. The fourth-order valence-electron chi connectivity index (χ4n) is 3.55. The lowest BCUT2D eigenvalue weighted by atomic mass is 9.94. The lowest BCUT2D eigenvalue weighted by molar-refractivity contribution is -0.125. The van der Waals surface area contributed by atoms with E-state index in [0.29, 0.717) is 11.7 Å². The van der Waals surface area contributed by atoms with Gasteiger partial charge in [-0.2, -0.15) is 0 Å². The molecule has 0 radical (unpaired) electrons. The van der Waals surface area contributed by atoms with Gasteiger partial charge in [0.2, 0.25) is 0 Å². The van der Waals surface area contributed by atoms with Gasteiger partial charge < -0.3 is 9.80 Å². The van der Waals surface area contributed by atoms with Crippen LogP contribution >= 0.6 is 0 Å². The molecule has 0 aromatic carbocycles. The highest BCUT2D eigenvalue weighted by atomic mass is 16.1. The summed E-state index contributed by atoms with van der Waals surface area (Å²) in [6.45, 7) is 13.4. The first-order valence-electron chi connectivity index (χ1n) is 8.08. The minimum absolute atomic E-state index is 0.206. The van der Waals surface area contributed by atoms with Crippen molar-refractivity contribution < 1.29 is 4.79 Å². The van der Waals surface area contributed by atoms with Gasteiger partial charge in [-0.1, -0.05) is 20.8 Å². The Hall–Kier alpha value is -0.410. The number of Topliss-reactive ketones (excluding diaryl/α,β-unsaturated/α-hetero) is 1. The number of carbonyl (C=O) groups is 1. The van der Waals surface area contributed by atoms with Crippen LogP contribution in [0.2, 0.25) is 0 Å². The van der Waals surface area contributed by atoms with E-state index in [1.165, 1.54) is 39.0 Å². The van der Waals surface area contributed by atoms with E-state index in [-0.39, 0.29) is 5.92 Å². The summed E-state index contributed by atoms with van der Waals surface area (Å²) < 4.78 is 0. The van der Waals surface area contributed by atoms with Crippen molar-refractivity contribution in [1.82, 2.24) is 9.80 Å². The van der Waals surface area contributed by atoms with Crippen LogP contribution in [0.15, 0.2) is 0 Å². The molecule has 0 N–H and O–H groups in total. The Kier molecular flexibility index (Phi) is 5.40. The van der Waals surface area contributed by atoms with E-state index in [9.17, 15) is 4.79 Å². The number of likely N-dealkylation sites (tertiary alicyclic amines) is 2. The molecule has 0 saturated carbocycles. The molecule has 2 rings (SSSR count). The summed E-state index contributed by atoms with van der Waals surface area (Å²) in [4.78, 5) is 17.1. The Balaban J connectivity index is 1.72. The lowest BCUT2D eigenvalue weighted by Crippen LogP contribution is -2.38. The monoisotopic (exact) mass is 266 g/mol. The van der Waals surface area contributed by atoms with Crippen molar-refractivity contribution in [3.63, 3.8) is 0 Å². The molecule has 0 bridgehead atoms. The minimum Gasteiger partial charge on any atom is -0.304 e. The van der Waals surface area contributed by atoms with Crippen LogP contribution in [-0.2, 0) is 4.79 Å². The van der Waals surface area contributed by atoms with Crippen molar-refractivity contribution in [2.75, 3.05) is 39.3 Å². The van der Waals surface area contributed by atoms with Gasteiger partial charge in [-0.25, -0.2) is 0 Å². The van der Waals surface area contributed by atoms with Crippen LogP contribution in [0.5, 0.6) is 0 Å². The Morgan fingerprint density at radius 1 is 1.11 bits per heavy atom. The van der Waals surface area contributed by atoms with Crippen molar-refractivity contribution in [3.05, 3.63) is 0 Å². The van der Waals surface area contributed by atoms with Gasteiger partial charge in [0, 0.05) is 24.9 Å². The Morgan fingerprint density at radius 2 is 1.74 bits per heavy atom. The number of hydrogen-bond acceptors (Lipinski definition) is 3. The predicted octanol–water partition coefficient (Wildman–Crippen LogP) is 2.27. The van der Waals surface area contributed by atoms with E-state index in [4.69, 9.17) is 0 Å². The highest BCUT2D eigenvalue weighted by molar-refractivity contribution is 5.83. The average molecular weight is 266 g/mol. The first-order valence-corrected chi connectivity index (χ1v) is 8.08. The Bertz CT molecular complexity index is 295. The fourth-order valence-corrected chi connectivity index (χ4v) is 3.55. The summed E-state index contributed by atoms with van der Waals surface area (Å²) in [6.07, 6.45) is 3.77. The molecule has 2 fully saturated rings. The second-order valence-corrected chi connectivity index (χ2v) is 6.68. The number of ketones is 1. The van der Waals surface area contributed by atoms with Crippen LogP contribution in [0.3, 0.4) is 0 Å². The average Bonchev–Trinajstić information content (AvgIpc) is 2.87. The second kappa shape index (κ2) is 6.85. The standard InChI is InChI=1S/C16H30N2O/c1-4-17-8-5-14(6-9-17)11-18-10-7-15(12-18)16(19)13(2)3/h13-15H,4-12H2,1-3H3. The first kappa shape index (κ1) is 15.0. The predicted molar refractivity (Wildman–Crippen MR) is 79.2 cm³/mol. The molecule has 1 atom stereocenters. The molecule has 0 spiro atoms. The molecule has 0 aromatic rings. The molecule has 110 valence electrons. The molecule has 2 heterocycles. The maximum atomic E-state index is 12.0. The van der Waals surface area contributed by atoms with Gasteiger partial charge in [-0.3, -0.25) is 4.79 Å². The van der Waals surface area contributed by atoms with Crippen LogP contribution in [0, 0.1) is 17.8 Å². The van der Waals surface area contributed by atoms with E-state index in [0.717, 1.165) is 25.4 Å². The molecular formula is C16H30N2O. The first-order chi connectivity index (χ1) is 9.10. The third-order valence-electron chi connectivity index (χ3n) is 4.91. The molecular weight excluding hydrogens is 236 g/mol. The topological polar surface area (TPSA) is 23.6 Å². The van der Waals surface area contributed by atoms with Gasteiger partial charge in [0.25, 0.3) is 0 Å². The van der Waals surface area contributed by atoms with Crippen molar-refractivity contribution in [2.45, 2.75) is 40.0 Å². The van der Waals surface area contributed by atoms with Crippen molar-refractivity contribution in [3.8, 4) is 0 Å². The van der Waals surface area contributed by atoms with E-state index in [1.807, 2.05) is 13.8 Å². The van der Waals surface area contributed by atoms with Gasteiger partial charge in [-0.05, 0) is 51.4 Å². The summed E-state index contributed by atoms with van der Waals surface area (Å²) >= 11 is 0. The van der Waals surface area contributed by atoms with Gasteiger partial charge in [0.05, 0.1) is 0 Å². The molecule has 0 aliphatic carbocycles. The Labute approximate surface area is 118 Å². The summed E-state index contributed by atoms with van der Waals surface area (Å²) in [5.41, 5.74) is 0. The van der Waals surface area contributed by atoms with Gasteiger partial charge in [-0.15, -0.1) is 0 Å². The van der Waals surface area contributed by atoms with E-state index in [2.05, 4.69) is 16.7 Å². The molecule has 3 heteroatoms. The summed E-state index contributed by atoms with van der Waals surface area (Å²) in [5.74, 6) is 1.85. The molecule has 0 amide bonds. The quantitative estimate of drug-likeness (QED) is 0.762. The van der Waals surface area contributed by atoms with E-state index >= 15 is 0 Å². The largest absolute Gasteiger partial charge is 0.304 e. The maximum Gasteiger partial charge on any atom is 0.139 e. The van der Waals surface area contributed by atoms with E-state index in [1.54, 1.807) is 0 Å². The molecule has 3 nitrogen and oxygen atoms in total. The van der Waals surface area contributed by atoms with Crippen LogP contribution in [0.1, 0.15) is 40.0 Å². The highest BCUT2D eigenvalue weighted by Gasteiger charge is 2.31. The van der Waals surface area contributed by atoms with Gasteiger partial charge in [0.1, 0.15) is 5.78 Å². The van der Waals surface area contributed by atoms with Crippen molar-refractivity contribution >= 4 is 5.78 Å². The highest BCUT2D eigenvalue weighted by Crippen LogP contribution is 2.24. The number of carbonyl (C=O) groups excluding carboxylic acids is 1. The SMILES string of the molecule is CCN1CCC(CN2CCC(C(=O)C(C)C)C2)CC1. The molecule has 19 heavy (non-hydrogen) atoms. The Morgan fingerprint density at radius 3 is 2.32 bits per heavy atom. The maximum absolute atomic E-state index is 12.0. The second-order valence-electron chi connectivity index (χ2n) is 6.68. The van der Waals surface area contributed by atoms with Crippen LogP contribution in [-0.4, -0.2) is 54.9 Å². The van der Waals surface area contributed by atoms with Gasteiger partial charge >= 0.3 is 0 Å². The third kappa shape index (κ3) is 4.03. The minimum atomic E-state index is 0.206. The summed E-state index contributed by atoms with van der Waals surface area (Å²) in [7, 11) is 0. The molecule has 2 aliphatic rings.